The lowest BCUT2D eigenvalue weighted by Crippen LogP contribution is -2.36. The molecular formula is C12H12BrNO2S. The number of aliphatic hydroxyl groups excluding tert-OH is 1. The molecule has 90 valence electrons. The number of ether oxygens (including phenoxy) is 1. The molecule has 0 saturated carbocycles. The van der Waals surface area contributed by atoms with Gasteiger partial charge in [0.1, 0.15) is 11.5 Å². The van der Waals surface area contributed by atoms with Crippen molar-refractivity contribution in [1.82, 2.24) is 0 Å². The number of rotatable bonds is 2. The highest BCUT2D eigenvalue weighted by molar-refractivity contribution is 9.11. The molecule has 2 saturated heterocycles. The van der Waals surface area contributed by atoms with E-state index in [2.05, 4.69) is 22.0 Å². The second kappa shape index (κ2) is 4.06. The average Bonchev–Trinajstić information content (AvgIpc) is 3.02. The van der Waals surface area contributed by atoms with Gasteiger partial charge >= 0.3 is 0 Å². The summed E-state index contributed by atoms with van der Waals surface area (Å²) < 4.78 is 6.71. The van der Waals surface area contributed by atoms with Gasteiger partial charge in [-0.3, -0.25) is 0 Å². The third-order valence-electron chi connectivity index (χ3n) is 3.81. The number of thiophene rings is 1. The summed E-state index contributed by atoms with van der Waals surface area (Å²) in [5, 5.41) is 20.0. The monoisotopic (exact) mass is 313 g/mol. The van der Waals surface area contributed by atoms with Gasteiger partial charge in [0.05, 0.1) is 22.1 Å². The van der Waals surface area contributed by atoms with E-state index in [-0.39, 0.29) is 12.2 Å². The molecule has 0 spiro atoms. The van der Waals surface area contributed by atoms with Crippen LogP contribution in [0.4, 0.5) is 0 Å². The van der Waals surface area contributed by atoms with Crippen molar-refractivity contribution in [3.8, 4) is 6.07 Å². The van der Waals surface area contributed by atoms with E-state index in [1.807, 2.05) is 12.1 Å². The second-order valence-electron chi connectivity index (χ2n) is 4.72. The van der Waals surface area contributed by atoms with E-state index in [1.165, 1.54) is 11.3 Å². The van der Waals surface area contributed by atoms with Gasteiger partial charge in [-0.05, 0) is 47.3 Å². The molecule has 1 N–H and O–H groups in total. The fraction of sp³-hybridized carbons (Fsp3) is 0.583. The van der Waals surface area contributed by atoms with Gasteiger partial charge in [-0.25, -0.2) is 0 Å². The first-order chi connectivity index (χ1) is 8.15. The van der Waals surface area contributed by atoms with Gasteiger partial charge in [-0.1, -0.05) is 0 Å². The van der Waals surface area contributed by atoms with E-state index >= 15 is 0 Å². The van der Waals surface area contributed by atoms with Gasteiger partial charge in [0.25, 0.3) is 0 Å². The standard InChI is InChI=1S/C12H12BrNO2S/c13-10-4-2-8(17-10)11(15)12(6-14)5-7-1-3-9(12)16-7/h2,4,7,9,11,15H,1,3,5H2. The number of nitrogens with zero attached hydrogens (tertiary/aromatic N) is 1. The molecule has 5 heteroatoms. The number of aliphatic hydroxyl groups is 1. The number of halogens is 1. The Morgan fingerprint density at radius 3 is 2.88 bits per heavy atom. The Morgan fingerprint density at radius 1 is 1.59 bits per heavy atom. The lowest BCUT2D eigenvalue weighted by Gasteiger charge is -2.32. The smallest absolute Gasteiger partial charge is 0.117 e. The van der Waals surface area contributed by atoms with Crippen molar-refractivity contribution in [2.24, 2.45) is 5.41 Å². The van der Waals surface area contributed by atoms with Crippen LogP contribution >= 0.6 is 27.3 Å². The average molecular weight is 314 g/mol. The van der Waals surface area contributed by atoms with E-state index < -0.39 is 11.5 Å². The molecule has 2 aliphatic heterocycles. The van der Waals surface area contributed by atoms with E-state index in [4.69, 9.17) is 4.74 Å². The minimum Gasteiger partial charge on any atom is -0.386 e. The molecule has 0 aromatic carbocycles. The Morgan fingerprint density at radius 2 is 2.41 bits per heavy atom. The van der Waals surface area contributed by atoms with Crippen molar-refractivity contribution in [1.29, 1.82) is 5.26 Å². The normalized spacial score (nSPS) is 37.0. The molecule has 0 radical (unpaired) electrons. The molecule has 3 nitrogen and oxygen atoms in total. The summed E-state index contributed by atoms with van der Waals surface area (Å²) in [6.07, 6.45) is 1.90. The van der Waals surface area contributed by atoms with Crippen LogP contribution in [-0.4, -0.2) is 17.3 Å². The molecule has 1 aromatic heterocycles. The molecule has 3 heterocycles. The van der Waals surface area contributed by atoms with Crippen LogP contribution in [-0.2, 0) is 4.74 Å². The first-order valence-corrected chi connectivity index (χ1v) is 7.26. The molecule has 2 bridgehead atoms. The van der Waals surface area contributed by atoms with Crippen LogP contribution in [0.25, 0.3) is 0 Å². The fourth-order valence-corrected chi connectivity index (χ4v) is 4.45. The van der Waals surface area contributed by atoms with Crippen LogP contribution in [0.2, 0.25) is 0 Å². The molecular weight excluding hydrogens is 302 g/mol. The van der Waals surface area contributed by atoms with Crippen molar-refractivity contribution in [2.75, 3.05) is 0 Å². The van der Waals surface area contributed by atoms with Crippen molar-refractivity contribution >= 4 is 27.3 Å². The highest BCUT2D eigenvalue weighted by Crippen LogP contribution is 2.54. The highest BCUT2D eigenvalue weighted by atomic mass is 79.9. The van der Waals surface area contributed by atoms with Crippen LogP contribution < -0.4 is 0 Å². The summed E-state index contributed by atoms with van der Waals surface area (Å²) in [5.74, 6) is 0. The zero-order valence-corrected chi connectivity index (χ0v) is 11.5. The first-order valence-electron chi connectivity index (χ1n) is 5.66. The van der Waals surface area contributed by atoms with Gasteiger partial charge in [0, 0.05) is 4.88 Å². The molecule has 4 atom stereocenters. The Bertz CT molecular complexity index is 483. The highest BCUT2D eigenvalue weighted by Gasteiger charge is 2.57. The molecule has 3 rings (SSSR count). The number of hydrogen-bond donors (Lipinski definition) is 1. The van der Waals surface area contributed by atoms with E-state index in [9.17, 15) is 10.4 Å². The first kappa shape index (κ1) is 11.7. The van der Waals surface area contributed by atoms with Crippen molar-refractivity contribution < 1.29 is 9.84 Å². The summed E-state index contributed by atoms with van der Waals surface area (Å²) in [4.78, 5) is 0.842. The maximum absolute atomic E-state index is 10.5. The molecule has 17 heavy (non-hydrogen) atoms. The zero-order chi connectivity index (χ0) is 12.0. The zero-order valence-electron chi connectivity index (χ0n) is 9.10. The Kier molecular flexibility index (Phi) is 2.79. The largest absolute Gasteiger partial charge is 0.386 e. The molecule has 2 aliphatic rings. The minimum atomic E-state index is -0.743. The molecule has 2 fully saturated rings. The van der Waals surface area contributed by atoms with Crippen LogP contribution in [0.1, 0.15) is 30.2 Å². The Hall–Kier alpha value is -0.410. The second-order valence-corrected chi connectivity index (χ2v) is 7.22. The molecule has 0 aliphatic carbocycles. The van der Waals surface area contributed by atoms with Crippen LogP contribution in [0.5, 0.6) is 0 Å². The predicted octanol–water partition coefficient (Wildman–Crippen LogP) is 3.01. The Balaban J connectivity index is 1.94. The molecule has 0 amide bonds. The van der Waals surface area contributed by atoms with Crippen LogP contribution in [0, 0.1) is 16.7 Å². The summed E-state index contributed by atoms with van der Waals surface area (Å²) in [6, 6.07) is 6.12. The van der Waals surface area contributed by atoms with Crippen LogP contribution in [0.3, 0.4) is 0 Å². The summed E-state index contributed by atoms with van der Waals surface area (Å²) in [5.41, 5.74) is -0.743. The summed E-state index contributed by atoms with van der Waals surface area (Å²) in [6.45, 7) is 0. The Labute approximate surface area is 112 Å². The number of nitriles is 1. The van der Waals surface area contributed by atoms with E-state index in [0.29, 0.717) is 6.42 Å². The predicted molar refractivity (Wildman–Crippen MR) is 67.5 cm³/mol. The molecule has 1 aromatic rings. The van der Waals surface area contributed by atoms with Crippen molar-refractivity contribution in [2.45, 2.75) is 37.6 Å². The summed E-state index contributed by atoms with van der Waals surface area (Å²) >= 11 is 4.87. The maximum atomic E-state index is 10.5. The van der Waals surface area contributed by atoms with Crippen LogP contribution in [0.15, 0.2) is 15.9 Å². The minimum absolute atomic E-state index is 0.103. The lowest BCUT2D eigenvalue weighted by atomic mass is 9.71. The van der Waals surface area contributed by atoms with Gasteiger partial charge in [-0.15, -0.1) is 11.3 Å². The van der Waals surface area contributed by atoms with Gasteiger partial charge in [-0.2, -0.15) is 5.26 Å². The van der Waals surface area contributed by atoms with Gasteiger partial charge in [0.2, 0.25) is 0 Å². The fourth-order valence-electron chi connectivity index (χ4n) is 2.94. The SMILES string of the molecule is N#CC1(C(O)c2ccc(Br)s2)CC2CCC1O2. The number of hydrogen-bond acceptors (Lipinski definition) is 4. The quantitative estimate of drug-likeness (QED) is 0.913. The topological polar surface area (TPSA) is 53.2 Å². The van der Waals surface area contributed by atoms with Crippen molar-refractivity contribution in [3.63, 3.8) is 0 Å². The number of fused-ring (bicyclic) bond motifs is 2. The molecule has 4 unspecified atom stereocenters. The third kappa shape index (κ3) is 1.66. The van der Waals surface area contributed by atoms with E-state index in [0.717, 1.165) is 21.5 Å². The van der Waals surface area contributed by atoms with Crippen molar-refractivity contribution in [3.05, 3.63) is 20.8 Å². The third-order valence-corrected chi connectivity index (χ3v) is 5.48. The van der Waals surface area contributed by atoms with Gasteiger partial charge < -0.3 is 9.84 Å². The van der Waals surface area contributed by atoms with Gasteiger partial charge in [0.15, 0.2) is 0 Å². The maximum Gasteiger partial charge on any atom is 0.117 e. The summed E-state index contributed by atoms with van der Waals surface area (Å²) in [7, 11) is 0. The van der Waals surface area contributed by atoms with E-state index in [1.54, 1.807) is 0 Å². The lowest BCUT2D eigenvalue weighted by molar-refractivity contribution is 0.00526.